The first-order valence-electron chi connectivity index (χ1n) is 5.77. The average molecular weight is 257 g/mol. The first-order valence-corrected chi connectivity index (χ1v) is 5.77. The summed E-state index contributed by atoms with van der Waals surface area (Å²) in [5.74, 6) is -2.01. The molecule has 6 heteroatoms. The minimum absolute atomic E-state index is 0.166. The molecule has 18 heavy (non-hydrogen) atoms. The monoisotopic (exact) mass is 257 g/mol. The molecular formula is C12H19NO5. The Balaban J connectivity index is 3.28. The second-order valence-corrected chi connectivity index (χ2v) is 5.48. The molecule has 1 atom stereocenters. The molecule has 1 aliphatic heterocycles. The van der Waals surface area contributed by atoms with Crippen LogP contribution in [0, 0.1) is 5.41 Å². The Labute approximate surface area is 106 Å². The molecular weight excluding hydrogens is 238 g/mol. The van der Waals surface area contributed by atoms with Crippen molar-refractivity contribution < 1.29 is 24.2 Å². The van der Waals surface area contributed by atoms with Crippen LogP contribution in [0.5, 0.6) is 0 Å². The largest absolute Gasteiger partial charge is 0.480 e. The molecule has 1 aliphatic rings. The molecule has 1 saturated heterocycles. The van der Waals surface area contributed by atoms with Gasteiger partial charge in [0.25, 0.3) is 0 Å². The number of likely N-dealkylation sites (tertiary alicyclic amines) is 1. The van der Waals surface area contributed by atoms with Gasteiger partial charge in [0.15, 0.2) is 0 Å². The van der Waals surface area contributed by atoms with Gasteiger partial charge in [0.2, 0.25) is 5.91 Å². The first kappa shape index (κ1) is 14.5. The summed E-state index contributed by atoms with van der Waals surface area (Å²) in [6.07, 6.45) is 0.453. The maximum Gasteiger partial charge on any atom is 0.332 e. The van der Waals surface area contributed by atoms with Crippen LogP contribution in [-0.2, 0) is 19.1 Å². The van der Waals surface area contributed by atoms with Gasteiger partial charge in [-0.3, -0.25) is 9.59 Å². The van der Waals surface area contributed by atoms with E-state index in [4.69, 9.17) is 9.84 Å². The van der Waals surface area contributed by atoms with E-state index in [0.29, 0.717) is 0 Å². The number of carbonyl (C=O) groups is 3. The lowest BCUT2D eigenvalue weighted by molar-refractivity contribution is -0.167. The van der Waals surface area contributed by atoms with Gasteiger partial charge in [-0.1, -0.05) is 20.8 Å². The number of carboxylic acid groups (broad SMARTS) is 1. The molecule has 0 radical (unpaired) electrons. The maximum atomic E-state index is 12.1. The van der Waals surface area contributed by atoms with Crippen molar-refractivity contribution >= 4 is 17.8 Å². The number of carboxylic acids is 1. The predicted molar refractivity (Wildman–Crippen MR) is 62.8 cm³/mol. The van der Waals surface area contributed by atoms with Gasteiger partial charge in [-0.25, -0.2) is 4.79 Å². The molecule has 0 bridgehead atoms. The third kappa shape index (κ3) is 2.07. The van der Waals surface area contributed by atoms with Crippen molar-refractivity contribution in [1.29, 1.82) is 0 Å². The number of nitrogens with zero attached hydrogens (tertiary/aromatic N) is 1. The van der Waals surface area contributed by atoms with Gasteiger partial charge in [0.1, 0.15) is 12.1 Å². The molecule has 0 aromatic rings. The van der Waals surface area contributed by atoms with Crippen molar-refractivity contribution in [2.24, 2.45) is 5.41 Å². The number of hydrogen-bond donors (Lipinski definition) is 1. The highest BCUT2D eigenvalue weighted by Crippen LogP contribution is 2.44. The van der Waals surface area contributed by atoms with Crippen molar-refractivity contribution in [3.05, 3.63) is 0 Å². The molecule has 1 amide bonds. The smallest absolute Gasteiger partial charge is 0.332 e. The van der Waals surface area contributed by atoms with Crippen LogP contribution >= 0.6 is 0 Å². The van der Waals surface area contributed by atoms with Crippen LogP contribution in [0.15, 0.2) is 0 Å². The molecule has 1 N–H and O–H groups in total. The SMILES string of the molecule is COC(=O)[C@@]1(C(C)(C)C)CCC(=O)N1CC(=O)O. The topological polar surface area (TPSA) is 83.9 Å². The van der Waals surface area contributed by atoms with E-state index in [2.05, 4.69) is 0 Å². The lowest BCUT2D eigenvalue weighted by Gasteiger charge is -2.44. The average Bonchev–Trinajstić information content (AvgIpc) is 2.55. The first-order chi connectivity index (χ1) is 8.16. The standard InChI is InChI=1S/C12H19NO5/c1-11(2,3)12(10(17)18-4)6-5-8(14)13(12)7-9(15)16/h5-7H2,1-4H3,(H,15,16)/t12-/m1/s1. The Morgan fingerprint density at radius 3 is 2.39 bits per heavy atom. The van der Waals surface area contributed by atoms with E-state index >= 15 is 0 Å². The highest BCUT2D eigenvalue weighted by molar-refractivity contribution is 5.94. The van der Waals surface area contributed by atoms with E-state index in [-0.39, 0.29) is 18.7 Å². The highest BCUT2D eigenvalue weighted by Gasteiger charge is 2.59. The van der Waals surface area contributed by atoms with Gasteiger partial charge in [-0.15, -0.1) is 0 Å². The number of carbonyl (C=O) groups excluding carboxylic acids is 2. The van der Waals surface area contributed by atoms with Gasteiger partial charge >= 0.3 is 11.9 Å². The van der Waals surface area contributed by atoms with Crippen LogP contribution in [0.3, 0.4) is 0 Å². The lowest BCUT2D eigenvalue weighted by Crippen LogP contribution is -2.61. The van der Waals surface area contributed by atoms with E-state index in [0.717, 1.165) is 4.90 Å². The van der Waals surface area contributed by atoms with Gasteiger partial charge in [-0.05, 0) is 11.8 Å². The predicted octanol–water partition coefficient (Wildman–Crippen LogP) is 0.651. The summed E-state index contributed by atoms with van der Waals surface area (Å²) in [5.41, 5.74) is -1.79. The quantitative estimate of drug-likeness (QED) is 0.750. The number of amides is 1. The van der Waals surface area contributed by atoms with Gasteiger partial charge < -0.3 is 14.7 Å². The molecule has 1 heterocycles. The zero-order chi connectivity index (χ0) is 14.1. The Bertz CT molecular complexity index is 384. The summed E-state index contributed by atoms with van der Waals surface area (Å²) in [4.78, 5) is 36.0. The summed E-state index contributed by atoms with van der Waals surface area (Å²) in [6.45, 7) is 4.93. The number of aliphatic carboxylic acids is 1. The summed E-state index contributed by atoms with van der Waals surface area (Å²) in [7, 11) is 1.25. The fourth-order valence-corrected chi connectivity index (χ4v) is 2.60. The van der Waals surface area contributed by atoms with Crippen molar-refractivity contribution in [3.8, 4) is 0 Å². The summed E-state index contributed by atoms with van der Waals surface area (Å²) >= 11 is 0. The van der Waals surface area contributed by atoms with Gasteiger partial charge in [-0.2, -0.15) is 0 Å². The van der Waals surface area contributed by atoms with Crippen LogP contribution in [0.2, 0.25) is 0 Å². The molecule has 0 unspecified atom stereocenters. The molecule has 0 saturated carbocycles. The van der Waals surface area contributed by atoms with E-state index < -0.39 is 29.4 Å². The van der Waals surface area contributed by atoms with Crippen molar-refractivity contribution in [1.82, 2.24) is 4.90 Å². The minimum atomic E-state index is -1.20. The zero-order valence-corrected chi connectivity index (χ0v) is 11.1. The summed E-state index contributed by atoms with van der Waals surface area (Å²) in [5, 5.41) is 8.90. The summed E-state index contributed by atoms with van der Waals surface area (Å²) < 4.78 is 4.80. The molecule has 0 aromatic heterocycles. The molecule has 1 fully saturated rings. The molecule has 102 valence electrons. The van der Waals surface area contributed by atoms with E-state index in [1.54, 1.807) is 20.8 Å². The highest BCUT2D eigenvalue weighted by atomic mass is 16.5. The number of esters is 1. The number of ether oxygens (including phenoxy) is 1. The minimum Gasteiger partial charge on any atom is -0.480 e. The normalized spacial score (nSPS) is 24.2. The Morgan fingerprint density at radius 2 is 2.00 bits per heavy atom. The van der Waals surface area contributed by atoms with E-state index in [1.807, 2.05) is 0 Å². The number of methoxy groups -OCH3 is 1. The van der Waals surface area contributed by atoms with Crippen LogP contribution in [0.4, 0.5) is 0 Å². The van der Waals surface area contributed by atoms with Crippen LogP contribution in [0.1, 0.15) is 33.6 Å². The van der Waals surface area contributed by atoms with Crippen LogP contribution < -0.4 is 0 Å². The Kier molecular flexibility index (Phi) is 3.69. The van der Waals surface area contributed by atoms with Crippen molar-refractivity contribution in [2.45, 2.75) is 39.2 Å². The van der Waals surface area contributed by atoms with Crippen molar-refractivity contribution in [3.63, 3.8) is 0 Å². The lowest BCUT2D eigenvalue weighted by atomic mass is 9.71. The van der Waals surface area contributed by atoms with Crippen LogP contribution in [-0.4, -0.2) is 47.0 Å². The van der Waals surface area contributed by atoms with Gasteiger partial charge in [0, 0.05) is 6.42 Å². The third-order valence-corrected chi connectivity index (χ3v) is 3.52. The summed E-state index contributed by atoms with van der Waals surface area (Å²) in [6, 6.07) is 0. The molecule has 1 rings (SSSR count). The van der Waals surface area contributed by atoms with E-state index in [9.17, 15) is 14.4 Å². The third-order valence-electron chi connectivity index (χ3n) is 3.52. The number of rotatable bonds is 3. The van der Waals surface area contributed by atoms with Gasteiger partial charge in [0.05, 0.1) is 7.11 Å². The van der Waals surface area contributed by atoms with E-state index in [1.165, 1.54) is 7.11 Å². The second kappa shape index (κ2) is 4.59. The number of hydrogen-bond acceptors (Lipinski definition) is 4. The van der Waals surface area contributed by atoms with Crippen molar-refractivity contribution in [2.75, 3.05) is 13.7 Å². The second-order valence-electron chi connectivity index (χ2n) is 5.48. The van der Waals surface area contributed by atoms with Crippen LogP contribution in [0.25, 0.3) is 0 Å². The molecule has 6 nitrogen and oxygen atoms in total. The Morgan fingerprint density at radius 1 is 1.44 bits per heavy atom. The fourth-order valence-electron chi connectivity index (χ4n) is 2.60. The molecule has 0 aromatic carbocycles. The molecule has 0 aliphatic carbocycles. The maximum absolute atomic E-state index is 12.1. The molecule has 0 spiro atoms. The Hall–Kier alpha value is -1.59. The zero-order valence-electron chi connectivity index (χ0n) is 11.1. The fraction of sp³-hybridized carbons (Fsp3) is 0.750.